The minimum atomic E-state index is 0.378. The van der Waals surface area contributed by atoms with E-state index >= 15 is 0 Å². The van der Waals surface area contributed by atoms with Crippen molar-refractivity contribution >= 4 is 27.5 Å². The lowest BCUT2D eigenvalue weighted by Crippen LogP contribution is -2.20. The summed E-state index contributed by atoms with van der Waals surface area (Å²) in [4.78, 5) is 4.53. The molecule has 0 amide bonds. The molecule has 2 aromatic heterocycles. The molecule has 3 aromatic rings. The van der Waals surface area contributed by atoms with E-state index in [1.54, 1.807) is 4.52 Å². The van der Waals surface area contributed by atoms with Crippen LogP contribution in [0.15, 0.2) is 47.1 Å². The highest BCUT2D eigenvalue weighted by Gasteiger charge is 2.21. The topological polar surface area (TPSA) is 42.2 Å². The van der Waals surface area contributed by atoms with Crippen molar-refractivity contribution in [2.45, 2.75) is 18.9 Å². The molecule has 0 atom stereocenters. The molecular weight excluding hydrogens is 316 g/mol. The molecule has 0 radical (unpaired) electrons. The maximum absolute atomic E-state index is 4.53. The van der Waals surface area contributed by atoms with Gasteiger partial charge < -0.3 is 5.32 Å². The van der Waals surface area contributed by atoms with E-state index in [1.807, 2.05) is 18.3 Å². The van der Waals surface area contributed by atoms with Gasteiger partial charge in [-0.15, -0.1) is 5.10 Å². The molecule has 0 unspecified atom stereocenters. The van der Waals surface area contributed by atoms with Crippen LogP contribution in [0.4, 0.5) is 5.95 Å². The molecule has 0 bridgehead atoms. The average Bonchev–Trinajstić information content (AvgIpc) is 3.02. The molecule has 1 aliphatic rings. The summed E-state index contributed by atoms with van der Waals surface area (Å²) >= 11 is 3.50. The van der Waals surface area contributed by atoms with Crippen LogP contribution >= 0.6 is 15.9 Å². The Hall–Kier alpha value is -1.88. The SMILES string of the molecule is Brc1cccn2nc(NC3Cc4ccccc4C3)nc12. The van der Waals surface area contributed by atoms with Gasteiger partial charge in [-0.25, -0.2) is 4.52 Å². The number of anilines is 1. The van der Waals surface area contributed by atoms with Crippen LogP contribution in [-0.4, -0.2) is 20.6 Å². The lowest BCUT2D eigenvalue weighted by molar-refractivity contribution is 0.760. The van der Waals surface area contributed by atoms with Crippen molar-refractivity contribution in [2.24, 2.45) is 0 Å². The monoisotopic (exact) mass is 328 g/mol. The van der Waals surface area contributed by atoms with Crippen molar-refractivity contribution < 1.29 is 0 Å². The Balaban J connectivity index is 1.59. The van der Waals surface area contributed by atoms with E-state index in [-0.39, 0.29) is 0 Å². The fraction of sp³-hybridized carbons (Fsp3) is 0.200. The first-order valence-electron chi connectivity index (χ1n) is 6.64. The molecule has 0 saturated heterocycles. The summed E-state index contributed by atoms with van der Waals surface area (Å²) in [5.74, 6) is 0.690. The van der Waals surface area contributed by atoms with Crippen LogP contribution in [0.2, 0.25) is 0 Å². The molecule has 5 heteroatoms. The van der Waals surface area contributed by atoms with Crippen molar-refractivity contribution in [2.75, 3.05) is 5.32 Å². The number of hydrogen-bond acceptors (Lipinski definition) is 3. The number of pyridine rings is 1. The number of aromatic nitrogens is 3. The summed E-state index contributed by atoms with van der Waals surface area (Å²) in [7, 11) is 0. The Bertz CT molecular complexity index is 755. The summed E-state index contributed by atoms with van der Waals surface area (Å²) in [6.45, 7) is 0. The predicted octanol–water partition coefficient (Wildman–Crippen LogP) is 3.07. The Morgan fingerprint density at radius 1 is 1.10 bits per heavy atom. The van der Waals surface area contributed by atoms with E-state index < -0.39 is 0 Å². The molecule has 0 saturated carbocycles. The number of halogens is 1. The van der Waals surface area contributed by atoms with Crippen LogP contribution in [-0.2, 0) is 12.8 Å². The molecule has 20 heavy (non-hydrogen) atoms. The zero-order valence-electron chi connectivity index (χ0n) is 10.8. The molecule has 1 aliphatic carbocycles. The normalized spacial score (nSPS) is 14.7. The number of fused-ring (bicyclic) bond motifs is 2. The van der Waals surface area contributed by atoms with Gasteiger partial charge in [0.25, 0.3) is 0 Å². The highest BCUT2D eigenvalue weighted by molar-refractivity contribution is 9.10. The average molecular weight is 329 g/mol. The highest BCUT2D eigenvalue weighted by Crippen LogP contribution is 2.24. The summed E-state index contributed by atoms with van der Waals surface area (Å²) in [6.07, 6.45) is 3.97. The zero-order valence-corrected chi connectivity index (χ0v) is 12.3. The third-order valence-electron chi connectivity index (χ3n) is 3.70. The molecule has 2 heterocycles. The van der Waals surface area contributed by atoms with Crippen molar-refractivity contribution in [3.05, 3.63) is 58.2 Å². The lowest BCUT2D eigenvalue weighted by atomic mass is 10.1. The van der Waals surface area contributed by atoms with E-state index in [2.05, 4.69) is 55.6 Å². The van der Waals surface area contributed by atoms with Gasteiger partial charge in [0.2, 0.25) is 5.95 Å². The second-order valence-electron chi connectivity index (χ2n) is 5.08. The lowest BCUT2D eigenvalue weighted by Gasteiger charge is -2.08. The van der Waals surface area contributed by atoms with E-state index in [0.717, 1.165) is 23.0 Å². The van der Waals surface area contributed by atoms with Gasteiger partial charge in [0.15, 0.2) is 5.65 Å². The smallest absolute Gasteiger partial charge is 0.243 e. The minimum absolute atomic E-state index is 0.378. The largest absolute Gasteiger partial charge is 0.350 e. The van der Waals surface area contributed by atoms with E-state index in [4.69, 9.17) is 0 Å². The van der Waals surface area contributed by atoms with Crippen molar-refractivity contribution in [1.29, 1.82) is 0 Å². The van der Waals surface area contributed by atoms with E-state index in [0.29, 0.717) is 12.0 Å². The fourth-order valence-electron chi connectivity index (χ4n) is 2.78. The van der Waals surface area contributed by atoms with Gasteiger partial charge in [0, 0.05) is 12.2 Å². The van der Waals surface area contributed by atoms with Crippen molar-refractivity contribution in [1.82, 2.24) is 14.6 Å². The maximum atomic E-state index is 4.53. The van der Waals surface area contributed by atoms with Gasteiger partial charge in [-0.05, 0) is 52.0 Å². The second kappa shape index (κ2) is 4.59. The van der Waals surface area contributed by atoms with Crippen LogP contribution in [0.1, 0.15) is 11.1 Å². The van der Waals surface area contributed by atoms with Crippen molar-refractivity contribution in [3.8, 4) is 0 Å². The molecule has 4 nitrogen and oxygen atoms in total. The van der Waals surface area contributed by atoms with Gasteiger partial charge in [0.1, 0.15) is 0 Å². The number of benzene rings is 1. The molecule has 1 aromatic carbocycles. The molecular formula is C15H13BrN4. The number of nitrogens with one attached hydrogen (secondary N) is 1. The summed E-state index contributed by atoms with van der Waals surface area (Å²) in [5.41, 5.74) is 3.69. The molecule has 0 aliphatic heterocycles. The standard InChI is InChI=1S/C15H13BrN4/c16-13-6-3-7-20-14(13)18-15(19-20)17-12-8-10-4-1-2-5-11(10)9-12/h1-7,12H,8-9H2,(H,17,19). The van der Waals surface area contributed by atoms with Gasteiger partial charge in [0.05, 0.1) is 4.47 Å². The molecule has 4 rings (SSSR count). The Labute approximate surface area is 125 Å². The molecule has 0 fully saturated rings. The van der Waals surface area contributed by atoms with E-state index in [1.165, 1.54) is 11.1 Å². The first kappa shape index (κ1) is 11.9. The molecule has 1 N–H and O–H groups in total. The zero-order chi connectivity index (χ0) is 13.5. The third-order valence-corrected chi connectivity index (χ3v) is 4.32. The first-order chi connectivity index (χ1) is 9.79. The van der Waals surface area contributed by atoms with Gasteiger partial charge >= 0.3 is 0 Å². The minimum Gasteiger partial charge on any atom is -0.350 e. The Morgan fingerprint density at radius 2 is 1.85 bits per heavy atom. The molecule has 0 spiro atoms. The second-order valence-corrected chi connectivity index (χ2v) is 5.93. The fourth-order valence-corrected chi connectivity index (χ4v) is 3.20. The van der Waals surface area contributed by atoms with Crippen LogP contribution in [0.25, 0.3) is 5.65 Å². The maximum Gasteiger partial charge on any atom is 0.243 e. The van der Waals surface area contributed by atoms with Gasteiger partial charge in [-0.1, -0.05) is 24.3 Å². The van der Waals surface area contributed by atoms with Crippen LogP contribution in [0, 0.1) is 0 Å². The van der Waals surface area contributed by atoms with Crippen LogP contribution in [0.5, 0.6) is 0 Å². The van der Waals surface area contributed by atoms with Gasteiger partial charge in [-0.3, -0.25) is 0 Å². The third kappa shape index (κ3) is 1.98. The number of rotatable bonds is 2. The number of nitrogens with zero attached hydrogens (tertiary/aromatic N) is 3. The molecule has 100 valence electrons. The van der Waals surface area contributed by atoms with Crippen LogP contribution in [0.3, 0.4) is 0 Å². The summed E-state index contributed by atoms with van der Waals surface area (Å²) in [6, 6.07) is 12.9. The van der Waals surface area contributed by atoms with Gasteiger partial charge in [-0.2, -0.15) is 4.98 Å². The quantitative estimate of drug-likeness (QED) is 0.786. The van der Waals surface area contributed by atoms with E-state index in [9.17, 15) is 0 Å². The predicted molar refractivity (Wildman–Crippen MR) is 81.9 cm³/mol. The van der Waals surface area contributed by atoms with Crippen LogP contribution < -0.4 is 5.32 Å². The summed E-state index contributed by atoms with van der Waals surface area (Å²) in [5, 5.41) is 7.90. The Kier molecular flexibility index (Phi) is 2.73. The first-order valence-corrected chi connectivity index (χ1v) is 7.43. The van der Waals surface area contributed by atoms with Crippen molar-refractivity contribution in [3.63, 3.8) is 0 Å². The summed E-state index contributed by atoms with van der Waals surface area (Å²) < 4.78 is 2.74. The number of hydrogen-bond donors (Lipinski definition) is 1. The Morgan fingerprint density at radius 3 is 2.55 bits per heavy atom. The highest BCUT2D eigenvalue weighted by atomic mass is 79.9.